The maximum atomic E-state index is 13.4. The molecule has 8 heteroatoms. The topological polar surface area (TPSA) is 24.4 Å². The maximum Gasteiger partial charge on any atom is 0.433 e. The molecule has 1 N–H and O–H groups in total. The Morgan fingerprint density at radius 2 is 1.62 bits per heavy atom. The highest BCUT2D eigenvalue weighted by Crippen LogP contribution is 2.30. The largest absolute Gasteiger partial charge is 0.433 e. The van der Waals surface area contributed by atoms with Crippen molar-refractivity contribution >= 4 is 5.71 Å². The molecule has 1 rings (SSSR count). The minimum absolute atomic E-state index is 0.194. The second-order valence-corrected chi connectivity index (χ2v) is 7.61. The summed E-state index contributed by atoms with van der Waals surface area (Å²) in [5.41, 5.74) is -1.96. The zero-order valence-electron chi connectivity index (χ0n) is 19.7. The van der Waals surface area contributed by atoms with E-state index in [-0.39, 0.29) is 12.1 Å². The van der Waals surface area contributed by atoms with Gasteiger partial charge in [0.2, 0.25) is 0 Å². The lowest BCUT2D eigenvalue weighted by Crippen LogP contribution is -2.23. The SMILES string of the molecule is CC.CCCCCCCNCC/C1=C/C(C(F)(F)F)=N/C=C(C(F)(F)F)/C=C\CCC1C. The fourth-order valence-electron chi connectivity index (χ4n) is 3.13. The third-order valence-electron chi connectivity index (χ3n) is 5.03. The standard InChI is InChI=1S/C22H32F6N2.C2H6/c1-3-4-5-6-9-13-29-14-12-18-15-20(22(26,27)28)30-16-19(21(23,24)25)11-8-7-10-17(18)2;1-2/h8,11,15-17,29H,3-7,9-10,12-14H2,1-2H3;1-2H3/b11-8-,18-15-,19-16-,30-20-;. The Balaban J connectivity index is 0.00000466. The molecule has 0 spiro atoms. The number of hydrogen-bond acceptors (Lipinski definition) is 2. The summed E-state index contributed by atoms with van der Waals surface area (Å²) in [6, 6.07) is 0. The van der Waals surface area contributed by atoms with Crippen LogP contribution < -0.4 is 5.32 Å². The van der Waals surface area contributed by atoms with E-state index in [0.29, 0.717) is 31.4 Å². The fourth-order valence-corrected chi connectivity index (χ4v) is 3.13. The van der Waals surface area contributed by atoms with Crippen LogP contribution in [0.4, 0.5) is 26.3 Å². The molecule has 0 saturated carbocycles. The molecule has 0 amide bonds. The normalized spacial score (nSPS) is 23.9. The van der Waals surface area contributed by atoms with Crippen molar-refractivity contribution in [3.05, 3.63) is 35.6 Å². The van der Waals surface area contributed by atoms with Crippen molar-refractivity contribution in [3.8, 4) is 0 Å². The predicted octanol–water partition coefficient (Wildman–Crippen LogP) is 8.32. The van der Waals surface area contributed by atoms with E-state index < -0.39 is 23.6 Å². The average molecular weight is 469 g/mol. The van der Waals surface area contributed by atoms with Crippen molar-refractivity contribution in [2.24, 2.45) is 10.9 Å². The molecule has 0 bridgehead atoms. The second-order valence-electron chi connectivity index (χ2n) is 7.61. The van der Waals surface area contributed by atoms with E-state index in [9.17, 15) is 26.3 Å². The molecular weight excluding hydrogens is 430 g/mol. The molecule has 1 atom stereocenters. The van der Waals surface area contributed by atoms with Crippen molar-refractivity contribution in [2.45, 2.75) is 91.4 Å². The lowest BCUT2D eigenvalue weighted by Gasteiger charge is -2.17. The van der Waals surface area contributed by atoms with Gasteiger partial charge >= 0.3 is 12.4 Å². The molecule has 2 nitrogen and oxygen atoms in total. The van der Waals surface area contributed by atoms with Crippen LogP contribution >= 0.6 is 0 Å². The van der Waals surface area contributed by atoms with Crippen LogP contribution in [0.1, 0.15) is 79.1 Å². The van der Waals surface area contributed by atoms with Gasteiger partial charge < -0.3 is 5.32 Å². The van der Waals surface area contributed by atoms with Crippen molar-refractivity contribution in [1.29, 1.82) is 0 Å². The van der Waals surface area contributed by atoms with Gasteiger partial charge in [-0.1, -0.05) is 71.1 Å². The van der Waals surface area contributed by atoms with Crippen LogP contribution in [0.3, 0.4) is 0 Å². The van der Waals surface area contributed by atoms with Crippen LogP contribution in [0, 0.1) is 5.92 Å². The average Bonchev–Trinajstić information content (AvgIpc) is 2.75. The molecule has 1 heterocycles. The van der Waals surface area contributed by atoms with E-state index in [4.69, 9.17) is 0 Å². The van der Waals surface area contributed by atoms with E-state index in [0.717, 1.165) is 38.0 Å². The van der Waals surface area contributed by atoms with Gasteiger partial charge in [-0.25, -0.2) is 0 Å². The molecule has 32 heavy (non-hydrogen) atoms. The summed E-state index contributed by atoms with van der Waals surface area (Å²) in [5.74, 6) is -0.194. The molecule has 1 aliphatic rings. The molecule has 1 unspecified atom stereocenters. The number of aliphatic imine (C=N–C) groups is 1. The summed E-state index contributed by atoms with van der Waals surface area (Å²) in [5, 5.41) is 3.25. The van der Waals surface area contributed by atoms with Crippen LogP contribution in [0.25, 0.3) is 0 Å². The summed E-state index contributed by atoms with van der Waals surface area (Å²) in [4.78, 5) is 3.18. The van der Waals surface area contributed by atoms with Gasteiger partial charge in [0.25, 0.3) is 0 Å². The number of rotatable bonds is 9. The first-order valence-corrected chi connectivity index (χ1v) is 11.6. The minimum Gasteiger partial charge on any atom is -0.316 e. The maximum absolute atomic E-state index is 13.4. The molecule has 0 aromatic heterocycles. The smallest absolute Gasteiger partial charge is 0.316 e. The highest BCUT2D eigenvalue weighted by Gasteiger charge is 2.36. The number of hydrogen-bond donors (Lipinski definition) is 1. The Kier molecular flexibility index (Phi) is 15.3. The number of alkyl halides is 6. The lowest BCUT2D eigenvalue weighted by molar-refractivity contribution is -0.0885. The molecule has 186 valence electrons. The quantitative estimate of drug-likeness (QED) is 0.267. The third-order valence-corrected chi connectivity index (χ3v) is 5.03. The zero-order chi connectivity index (χ0) is 24.6. The minimum atomic E-state index is -4.83. The van der Waals surface area contributed by atoms with E-state index in [1.807, 2.05) is 13.8 Å². The van der Waals surface area contributed by atoms with Gasteiger partial charge in [-0.15, -0.1) is 0 Å². The predicted molar refractivity (Wildman–Crippen MR) is 121 cm³/mol. The molecule has 0 radical (unpaired) electrons. The fraction of sp³-hybridized carbons (Fsp3) is 0.708. The molecule has 0 aromatic rings. The van der Waals surface area contributed by atoms with Gasteiger partial charge in [-0.2, -0.15) is 26.3 Å². The second kappa shape index (κ2) is 16.1. The van der Waals surface area contributed by atoms with E-state index in [1.165, 1.54) is 18.9 Å². The molecule has 0 saturated heterocycles. The first-order chi connectivity index (χ1) is 15.1. The Bertz CT molecular complexity index is 627. The van der Waals surface area contributed by atoms with Gasteiger partial charge in [0.1, 0.15) is 5.71 Å². The van der Waals surface area contributed by atoms with Gasteiger partial charge in [0.05, 0.1) is 5.57 Å². The number of allylic oxidation sites excluding steroid dienone is 4. The number of nitrogens with zero attached hydrogens (tertiary/aromatic N) is 1. The zero-order valence-corrected chi connectivity index (χ0v) is 19.7. The molecule has 0 aliphatic carbocycles. The Hall–Kier alpha value is -1.57. The Morgan fingerprint density at radius 3 is 2.22 bits per heavy atom. The first-order valence-electron chi connectivity index (χ1n) is 11.6. The Labute approximate surface area is 189 Å². The molecule has 1 aliphatic heterocycles. The van der Waals surface area contributed by atoms with Crippen LogP contribution in [-0.2, 0) is 0 Å². The summed E-state index contributed by atoms with van der Waals surface area (Å²) >= 11 is 0. The highest BCUT2D eigenvalue weighted by atomic mass is 19.4. The van der Waals surface area contributed by atoms with Crippen molar-refractivity contribution < 1.29 is 26.3 Å². The summed E-state index contributed by atoms with van der Waals surface area (Å²) in [7, 11) is 0. The van der Waals surface area contributed by atoms with E-state index in [1.54, 1.807) is 6.92 Å². The van der Waals surface area contributed by atoms with Gasteiger partial charge in [-0.05, 0) is 50.8 Å². The van der Waals surface area contributed by atoms with Crippen molar-refractivity contribution in [1.82, 2.24) is 5.32 Å². The number of nitrogens with one attached hydrogen (secondary N) is 1. The third kappa shape index (κ3) is 13.1. The number of halogens is 6. The summed E-state index contributed by atoms with van der Waals surface area (Å²) < 4.78 is 79.2. The van der Waals surface area contributed by atoms with E-state index >= 15 is 0 Å². The van der Waals surface area contributed by atoms with Gasteiger partial charge in [0, 0.05) is 6.20 Å². The van der Waals surface area contributed by atoms with Crippen LogP contribution in [0.2, 0.25) is 0 Å². The molecular formula is C24H38F6N2. The highest BCUT2D eigenvalue weighted by molar-refractivity contribution is 6.00. The van der Waals surface area contributed by atoms with Crippen LogP contribution in [0.5, 0.6) is 0 Å². The summed E-state index contributed by atoms with van der Waals surface area (Å²) in [6.07, 6.45) is 0.607. The molecule has 0 fully saturated rings. The van der Waals surface area contributed by atoms with Crippen molar-refractivity contribution in [2.75, 3.05) is 13.1 Å². The van der Waals surface area contributed by atoms with Gasteiger partial charge in [-0.3, -0.25) is 4.99 Å². The molecule has 0 aromatic carbocycles. The van der Waals surface area contributed by atoms with Crippen LogP contribution in [0.15, 0.2) is 40.6 Å². The van der Waals surface area contributed by atoms with Crippen molar-refractivity contribution in [3.63, 3.8) is 0 Å². The monoisotopic (exact) mass is 468 g/mol. The number of unbranched alkanes of at least 4 members (excludes halogenated alkanes) is 4. The van der Waals surface area contributed by atoms with E-state index in [2.05, 4.69) is 17.2 Å². The Morgan fingerprint density at radius 1 is 0.969 bits per heavy atom. The first kappa shape index (κ1) is 30.4. The summed E-state index contributed by atoms with van der Waals surface area (Å²) in [6.45, 7) is 9.26. The van der Waals surface area contributed by atoms with Gasteiger partial charge in [0.15, 0.2) is 0 Å². The van der Waals surface area contributed by atoms with Crippen LogP contribution in [-0.4, -0.2) is 31.2 Å². The lowest BCUT2D eigenvalue weighted by atomic mass is 9.92.